The zero-order chi connectivity index (χ0) is 13.0. The minimum atomic E-state index is 0.410. The van der Waals surface area contributed by atoms with Gasteiger partial charge < -0.3 is 5.11 Å². The van der Waals surface area contributed by atoms with E-state index in [1.165, 1.54) is 56.1 Å². The highest BCUT2D eigenvalue weighted by molar-refractivity contribution is 5.44. The lowest BCUT2D eigenvalue weighted by Gasteiger charge is -2.56. The molecule has 2 bridgehead atoms. The molecular weight excluding hydrogens is 232 g/mol. The Morgan fingerprint density at radius 3 is 3.05 bits per heavy atom. The molecule has 0 aromatic heterocycles. The van der Waals surface area contributed by atoms with E-state index in [0.717, 1.165) is 17.8 Å². The summed E-state index contributed by atoms with van der Waals surface area (Å²) >= 11 is 0. The predicted molar refractivity (Wildman–Crippen MR) is 77.3 cm³/mol. The molecule has 0 radical (unpaired) electrons. The van der Waals surface area contributed by atoms with Gasteiger partial charge in [0.15, 0.2) is 0 Å². The molecule has 1 aromatic rings. The van der Waals surface area contributed by atoms with Crippen LogP contribution in [0.25, 0.3) is 0 Å². The van der Waals surface area contributed by atoms with Gasteiger partial charge >= 0.3 is 0 Å². The van der Waals surface area contributed by atoms with Crippen LogP contribution in [0.2, 0.25) is 0 Å². The number of hydrogen-bond donors (Lipinski definition) is 1. The number of fused-ring (bicyclic) bond motifs is 2. The number of aromatic hydroxyl groups is 1. The van der Waals surface area contributed by atoms with Crippen molar-refractivity contribution in [1.29, 1.82) is 0 Å². The van der Waals surface area contributed by atoms with Crippen molar-refractivity contribution < 1.29 is 5.11 Å². The maximum atomic E-state index is 9.94. The molecule has 1 aromatic carbocycles. The predicted octanol–water partition coefficient (Wildman–Crippen LogP) is 4.42. The average Bonchev–Trinajstić information content (AvgIpc) is 2.40. The monoisotopic (exact) mass is 256 g/mol. The van der Waals surface area contributed by atoms with E-state index in [0.29, 0.717) is 11.2 Å². The van der Waals surface area contributed by atoms with Crippen molar-refractivity contribution in [3.05, 3.63) is 29.3 Å². The van der Waals surface area contributed by atoms with Crippen LogP contribution in [0.4, 0.5) is 0 Å². The first-order chi connectivity index (χ1) is 9.19. The van der Waals surface area contributed by atoms with Gasteiger partial charge in [-0.3, -0.25) is 0 Å². The minimum absolute atomic E-state index is 0.410. The van der Waals surface area contributed by atoms with E-state index >= 15 is 0 Å². The summed E-state index contributed by atoms with van der Waals surface area (Å²) in [6.07, 6.45) is 9.61. The second kappa shape index (κ2) is 4.01. The summed E-state index contributed by atoms with van der Waals surface area (Å²) in [4.78, 5) is 0. The maximum Gasteiger partial charge on any atom is 0.115 e. The molecule has 2 fully saturated rings. The van der Waals surface area contributed by atoms with Gasteiger partial charge in [-0.05, 0) is 78.5 Å². The molecule has 0 amide bonds. The molecule has 2 saturated carbocycles. The lowest BCUT2D eigenvalue weighted by atomic mass is 9.48. The third-order valence-electron chi connectivity index (χ3n) is 6.28. The number of hydrogen-bond acceptors (Lipinski definition) is 1. The number of phenolic OH excluding ortho intramolecular Hbond substituents is 1. The summed E-state index contributed by atoms with van der Waals surface area (Å²) in [5.41, 5.74) is 3.46. The van der Waals surface area contributed by atoms with Crippen molar-refractivity contribution in [2.75, 3.05) is 0 Å². The Hall–Kier alpha value is -0.980. The van der Waals surface area contributed by atoms with E-state index in [9.17, 15) is 5.11 Å². The second-order valence-corrected chi connectivity index (χ2v) is 7.34. The zero-order valence-electron chi connectivity index (χ0n) is 11.9. The summed E-state index contributed by atoms with van der Waals surface area (Å²) in [6, 6.07) is 6.18. The quantitative estimate of drug-likeness (QED) is 0.728. The molecule has 0 aliphatic heterocycles. The summed E-state index contributed by atoms with van der Waals surface area (Å²) in [5.74, 6) is 3.09. The summed E-state index contributed by atoms with van der Waals surface area (Å²) in [7, 11) is 0. The van der Waals surface area contributed by atoms with E-state index in [2.05, 4.69) is 19.1 Å². The van der Waals surface area contributed by atoms with E-state index in [4.69, 9.17) is 0 Å². The number of phenols is 1. The molecule has 1 N–H and O–H groups in total. The molecule has 0 heterocycles. The highest BCUT2D eigenvalue weighted by Crippen LogP contribution is 2.59. The van der Waals surface area contributed by atoms with Crippen LogP contribution in [-0.4, -0.2) is 5.11 Å². The van der Waals surface area contributed by atoms with Crippen molar-refractivity contribution in [3.8, 4) is 5.75 Å². The molecule has 1 nitrogen and oxygen atoms in total. The molecule has 102 valence electrons. The van der Waals surface area contributed by atoms with Gasteiger partial charge in [0.2, 0.25) is 0 Å². The molecule has 3 aliphatic rings. The van der Waals surface area contributed by atoms with Crippen LogP contribution in [0, 0.1) is 17.8 Å². The van der Waals surface area contributed by atoms with Crippen LogP contribution in [0.3, 0.4) is 0 Å². The zero-order valence-corrected chi connectivity index (χ0v) is 11.9. The van der Waals surface area contributed by atoms with Gasteiger partial charge in [-0.25, -0.2) is 0 Å². The molecular formula is C18H24O. The summed E-state index contributed by atoms with van der Waals surface area (Å²) in [5, 5.41) is 9.94. The van der Waals surface area contributed by atoms with Gasteiger partial charge in [0.05, 0.1) is 0 Å². The first-order valence-electron chi connectivity index (χ1n) is 8.01. The van der Waals surface area contributed by atoms with E-state index < -0.39 is 0 Å². The Kier molecular flexibility index (Phi) is 2.49. The van der Waals surface area contributed by atoms with Crippen LogP contribution < -0.4 is 0 Å². The van der Waals surface area contributed by atoms with Crippen molar-refractivity contribution in [2.45, 2.75) is 57.3 Å². The normalized spacial score (nSPS) is 40.4. The molecule has 19 heavy (non-hydrogen) atoms. The van der Waals surface area contributed by atoms with Crippen molar-refractivity contribution >= 4 is 0 Å². The fraction of sp³-hybridized carbons (Fsp3) is 0.667. The smallest absolute Gasteiger partial charge is 0.115 e. The Morgan fingerprint density at radius 2 is 2.16 bits per heavy atom. The Labute approximate surface area is 116 Å². The number of rotatable bonds is 0. The van der Waals surface area contributed by atoms with Gasteiger partial charge in [0, 0.05) is 0 Å². The van der Waals surface area contributed by atoms with Gasteiger partial charge in [-0.15, -0.1) is 0 Å². The van der Waals surface area contributed by atoms with Gasteiger partial charge in [0.1, 0.15) is 5.75 Å². The third-order valence-corrected chi connectivity index (χ3v) is 6.28. The maximum absolute atomic E-state index is 9.94. The second-order valence-electron chi connectivity index (χ2n) is 7.34. The van der Waals surface area contributed by atoms with Crippen molar-refractivity contribution in [2.24, 2.45) is 17.8 Å². The lowest BCUT2D eigenvalue weighted by molar-refractivity contribution is 0.0307. The largest absolute Gasteiger partial charge is 0.508 e. The third kappa shape index (κ3) is 1.60. The van der Waals surface area contributed by atoms with Crippen LogP contribution in [-0.2, 0) is 11.8 Å². The van der Waals surface area contributed by atoms with Crippen molar-refractivity contribution in [1.82, 2.24) is 0 Å². The molecule has 3 aliphatic carbocycles. The minimum Gasteiger partial charge on any atom is -0.508 e. The fourth-order valence-electron chi connectivity index (χ4n) is 5.75. The molecule has 1 spiro atoms. The highest BCUT2D eigenvalue weighted by atomic mass is 16.3. The van der Waals surface area contributed by atoms with Crippen LogP contribution in [0.5, 0.6) is 5.75 Å². The SMILES string of the molecule is C[C@@H]1CC2Cc3ccc(O)cc3[C@@]3(CCCC[C@H]13)C2. The first-order valence-corrected chi connectivity index (χ1v) is 8.01. The van der Waals surface area contributed by atoms with Crippen molar-refractivity contribution in [3.63, 3.8) is 0 Å². The van der Waals surface area contributed by atoms with Gasteiger partial charge in [0.25, 0.3) is 0 Å². The molecule has 4 rings (SSSR count). The topological polar surface area (TPSA) is 20.2 Å². The van der Waals surface area contributed by atoms with Gasteiger partial charge in [-0.1, -0.05) is 25.8 Å². The first kappa shape index (κ1) is 11.8. The lowest BCUT2D eigenvalue weighted by Crippen LogP contribution is -2.50. The van der Waals surface area contributed by atoms with Crippen LogP contribution in [0.1, 0.15) is 56.6 Å². The highest BCUT2D eigenvalue weighted by Gasteiger charge is 2.52. The summed E-state index contributed by atoms with van der Waals surface area (Å²) < 4.78 is 0. The Balaban J connectivity index is 1.90. The van der Waals surface area contributed by atoms with Crippen LogP contribution in [0.15, 0.2) is 18.2 Å². The van der Waals surface area contributed by atoms with Gasteiger partial charge in [-0.2, -0.15) is 0 Å². The van der Waals surface area contributed by atoms with E-state index in [1.54, 1.807) is 0 Å². The molecule has 0 saturated heterocycles. The Bertz CT molecular complexity index is 506. The molecule has 1 heteroatoms. The Morgan fingerprint density at radius 1 is 1.26 bits per heavy atom. The standard InChI is InChI=1S/C18H24O/c1-12-8-13-9-14-5-6-15(19)10-17(14)18(11-13)7-3-2-4-16(12)18/h5-6,10,12-13,16,19H,2-4,7-9,11H2,1H3/t12-,13?,16-,18+/m1/s1. The molecule has 4 atom stereocenters. The fourth-order valence-corrected chi connectivity index (χ4v) is 5.75. The van der Waals surface area contributed by atoms with Crippen LogP contribution >= 0.6 is 0 Å². The van der Waals surface area contributed by atoms with E-state index in [-0.39, 0.29) is 0 Å². The average molecular weight is 256 g/mol. The van der Waals surface area contributed by atoms with E-state index in [1.807, 2.05) is 6.07 Å². The summed E-state index contributed by atoms with van der Waals surface area (Å²) in [6.45, 7) is 2.48. The number of benzene rings is 1. The molecule has 1 unspecified atom stereocenters.